The van der Waals surface area contributed by atoms with E-state index in [2.05, 4.69) is 12.1 Å². The summed E-state index contributed by atoms with van der Waals surface area (Å²) in [5, 5.41) is 24.2. The van der Waals surface area contributed by atoms with Crippen molar-refractivity contribution in [3.05, 3.63) is 99.6 Å². The summed E-state index contributed by atoms with van der Waals surface area (Å²) in [6.45, 7) is 1.90. The first kappa shape index (κ1) is 22.8. The summed E-state index contributed by atoms with van der Waals surface area (Å²) >= 11 is 0. The van der Waals surface area contributed by atoms with Crippen LogP contribution in [0.25, 0.3) is 43.1 Å². The van der Waals surface area contributed by atoms with Crippen LogP contribution in [-0.4, -0.2) is 23.8 Å². The lowest BCUT2D eigenvalue weighted by Crippen LogP contribution is -2.40. The highest BCUT2D eigenvalue weighted by Crippen LogP contribution is 2.48. The molecule has 0 saturated carbocycles. The molecule has 0 spiro atoms. The zero-order chi connectivity index (χ0) is 28.3. The molecular formula is C33H13N3O5. The maximum absolute atomic E-state index is 13.9. The standard InChI is InChI=1S/C33H13N3O5/c1-14-2-4-17(5-3-14)36-30(37)20-8-6-18-25-16(13-35)11-23-27-21(32(39)41-33(23)40)9-7-19(29(25)27)24-15(12-34)10-22(31(36)38)26(20)28(18)24/h2-11H,1H3. The lowest BCUT2D eigenvalue weighted by atomic mass is 9.80. The Labute approximate surface area is 230 Å². The maximum Gasteiger partial charge on any atom is 0.346 e. The van der Waals surface area contributed by atoms with Gasteiger partial charge in [0.2, 0.25) is 0 Å². The molecule has 8 rings (SSSR count). The smallest absolute Gasteiger partial charge is 0.346 e. The van der Waals surface area contributed by atoms with E-state index in [0.29, 0.717) is 48.8 Å². The number of hydrogen-bond donors (Lipinski definition) is 0. The van der Waals surface area contributed by atoms with Crippen LogP contribution in [0.15, 0.2) is 60.7 Å². The molecule has 2 amide bonds. The maximum atomic E-state index is 13.9. The monoisotopic (exact) mass is 531 g/mol. The van der Waals surface area contributed by atoms with Crippen molar-refractivity contribution in [2.45, 2.75) is 6.92 Å². The van der Waals surface area contributed by atoms with Crippen molar-refractivity contribution < 1.29 is 23.9 Å². The number of carbonyl (C=O) groups is 4. The van der Waals surface area contributed by atoms with Gasteiger partial charge in [-0.1, -0.05) is 29.8 Å². The molecule has 6 aromatic rings. The molecule has 0 radical (unpaired) electrons. The molecule has 0 atom stereocenters. The van der Waals surface area contributed by atoms with Crippen LogP contribution in [0.1, 0.15) is 58.1 Å². The Morgan fingerprint density at radius 1 is 0.585 bits per heavy atom. The van der Waals surface area contributed by atoms with Crippen LogP contribution in [0.5, 0.6) is 0 Å². The zero-order valence-electron chi connectivity index (χ0n) is 21.2. The van der Waals surface area contributed by atoms with Gasteiger partial charge in [0.15, 0.2) is 0 Å². The minimum Gasteiger partial charge on any atom is -0.386 e. The molecule has 2 aliphatic heterocycles. The van der Waals surface area contributed by atoms with Crippen LogP contribution < -0.4 is 4.90 Å². The van der Waals surface area contributed by atoms with Gasteiger partial charge in [0, 0.05) is 37.9 Å². The van der Waals surface area contributed by atoms with Crippen LogP contribution in [-0.2, 0) is 4.74 Å². The van der Waals surface area contributed by atoms with E-state index in [9.17, 15) is 29.7 Å². The molecule has 41 heavy (non-hydrogen) atoms. The van der Waals surface area contributed by atoms with Crippen LogP contribution in [0.3, 0.4) is 0 Å². The summed E-state index contributed by atoms with van der Waals surface area (Å²) < 4.78 is 4.92. The Balaban J connectivity index is 1.59. The summed E-state index contributed by atoms with van der Waals surface area (Å²) in [4.78, 5) is 54.3. The van der Waals surface area contributed by atoms with Gasteiger partial charge in [-0.15, -0.1) is 0 Å². The zero-order valence-corrected chi connectivity index (χ0v) is 21.2. The highest BCUT2D eigenvalue weighted by Gasteiger charge is 2.37. The number of benzene rings is 6. The van der Waals surface area contributed by atoms with Gasteiger partial charge in [0.05, 0.1) is 45.6 Å². The van der Waals surface area contributed by atoms with Crippen molar-refractivity contribution in [2.75, 3.05) is 4.90 Å². The number of aryl methyl sites for hydroxylation is 1. The fourth-order valence-electron chi connectivity index (χ4n) is 6.42. The number of anilines is 1. The molecule has 0 unspecified atom stereocenters. The van der Waals surface area contributed by atoms with E-state index < -0.39 is 23.8 Å². The van der Waals surface area contributed by atoms with Crippen molar-refractivity contribution in [1.29, 1.82) is 10.5 Å². The van der Waals surface area contributed by atoms with Crippen molar-refractivity contribution in [1.82, 2.24) is 0 Å². The second-order valence-electron chi connectivity index (χ2n) is 10.2. The number of amides is 2. The molecule has 0 saturated heterocycles. The second kappa shape index (κ2) is 7.50. The molecule has 0 aliphatic carbocycles. The number of cyclic esters (lactones) is 2. The Hall–Kier alpha value is -6.12. The first-order valence-electron chi connectivity index (χ1n) is 12.6. The fraction of sp³-hybridized carbons (Fsp3) is 0.0303. The van der Waals surface area contributed by atoms with Crippen LogP contribution >= 0.6 is 0 Å². The van der Waals surface area contributed by atoms with Crippen LogP contribution in [0, 0.1) is 29.6 Å². The Kier molecular flexibility index (Phi) is 4.18. The molecule has 8 nitrogen and oxygen atoms in total. The molecule has 0 fully saturated rings. The highest BCUT2D eigenvalue weighted by molar-refractivity contribution is 6.44. The minimum absolute atomic E-state index is 0.0865. The number of nitrogens with zero attached hydrogens (tertiary/aromatic N) is 3. The lowest BCUT2D eigenvalue weighted by molar-refractivity contribution is 0.0390. The number of fused-ring (bicyclic) bond motifs is 2. The van der Waals surface area contributed by atoms with Gasteiger partial charge in [-0.2, -0.15) is 10.5 Å². The number of hydrogen-bond acceptors (Lipinski definition) is 7. The first-order valence-corrected chi connectivity index (χ1v) is 12.6. The topological polar surface area (TPSA) is 128 Å². The van der Waals surface area contributed by atoms with Gasteiger partial charge >= 0.3 is 11.9 Å². The quantitative estimate of drug-likeness (QED) is 0.0849. The largest absolute Gasteiger partial charge is 0.386 e. The van der Waals surface area contributed by atoms with E-state index in [-0.39, 0.29) is 33.4 Å². The number of esters is 2. The lowest BCUT2D eigenvalue weighted by Gasteiger charge is -2.29. The number of rotatable bonds is 1. The molecule has 2 heterocycles. The number of carbonyl (C=O) groups excluding carboxylic acids is 4. The molecule has 8 heteroatoms. The average molecular weight is 531 g/mol. The number of nitriles is 2. The number of ether oxygens (including phenoxy) is 1. The van der Waals surface area contributed by atoms with E-state index in [1.54, 1.807) is 30.3 Å². The minimum atomic E-state index is -0.855. The molecule has 0 N–H and O–H groups in total. The predicted molar refractivity (Wildman–Crippen MR) is 149 cm³/mol. The van der Waals surface area contributed by atoms with E-state index in [1.165, 1.54) is 18.2 Å². The third-order valence-corrected chi connectivity index (χ3v) is 8.13. The highest BCUT2D eigenvalue weighted by atomic mass is 16.6. The molecule has 6 aromatic carbocycles. The van der Waals surface area contributed by atoms with Crippen LogP contribution in [0.2, 0.25) is 0 Å². The molecule has 2 aliphatic rings. The molecule has 190 valence electrons. The summed E-state index contributed by atoms with van der Waals surface area (Å²) in [5.41, 5.74) is 2.48. The van der Waals surface area contributed by atoms with Gasteiger partial charge in [0.1, 0.15) is 0 Å². The van der Waals surface area contributed by atoms with Gasteiger partial charge in [-0.25, -0.2) is 14.5 Å². The fourth-order valence-corrected chi connectivity index (χ4v) is 6.42. The molecular weight excluding hydrogens is 518 g/mol. The average Bonchev–Trinajstić information content (AvgIpc) is 2.98. The SMILES string of the molecule is Cc1ccc(N2C(=O)c3ccc4c5c(C#N)cc6c7c(ccc(c8c(C#N)cc(c3c48)C2=O)c75)C(=O)OC6=O)cc1. The summed E-state index contributed by atoms with van der Waals surface area (Å²) in [6.07, 6.45) is 0. The van der Waals surface area contributed by atoms with Crippen molar-refractivity contribution in [2.24, 2.45) is 0 Å². The number of imide groups is 1. The summed E-state index contributed by atoms with van der Waals surface area (Å²) in [6, 6.07) is 20.8. The van der Waals surface area contributed by atoms with E-state index in [1.807, 2.05) is 19.1 Å². The Morgan fingerprint density at radius 3 is 1.71 bits per heavy atom. The first-order chi connectivity index (χ1) is 19.8. The normalized spacial score (nSPS) is 14.3. The van der Waals surface area contributed by atoms with E-state index >= 15 is 0 Å². The molecule has 0 aromatic heterocycles. The Bertz CT molecular complexity index is 2390. The van der Waals surface area contributed by atoms with Crippen LogP contribution in [0.4, 0.5) is 5.69 Å². The molecule has 0 bridgehead atoms. The summed E-state index contributed by atoms with van der Waals surface area (Å²) in [7, 11) is 0. The van der Waals surface area contributed by atoms with Gasteiger partial charge in [-0.05, 0) is 54.1 Å². The summed E-state index contributed by atoms with van der Waals surface area (Å²) in [5.74, 6) is -2.71. The second-order valence-corrected chi connectivity index (χ2v) is 10.2. The van der Waals surface area contributed by atoms with Gasteiger partial charge < -0.3 is 4.74 Å². The van der Waals surface area contributed by atoms with Crippen molar-refractivity contribution >= 4 is 72.5 Å². The Morgan fingerprint density at radius 2 is 1.10 bits per heavy atom. The van der Waals surface area contributed by atoms with Gasteiger partial charge in [-0.3, -0.25) is 9.59 Å². The third kappa shape index (κ3) is 2.66. The van der Waals surface area contributed by atoms with Crippen molar-refractivity contribution in [3.63, 3.8) is 0 Å². The predicted octanol–water partition coefficient (Wildman–Crippen LogP) is 5.90. The van der Waals surface area contributed by atoms with E-state index in [4.69, 9.17) is 4.74 Å². The van der Waals surface area contributed by atoms with Gasteiger partial charge in [0.25, 0.3) is 11.8 Å². The third-order valence-electron chi connectivity index (χ3n) is 8.13. The van der Waals surface area contributed by atoms with E-state index in [0.717, 1.165) is 10.5 Å². The van der Waals surface area contributed by atoms with Crippen molar-refractivity contribution in [3.8, 4) is 12.1 Å².